The summed E-state index contributed by atoms with van der Waals surface area (Å²) in [6.45, 7) is 6.11. The Morgan fingerprint density at radius 1 is 0.750 bits per heavy atom. The highest BCUT2D eigenvalue weighted by Gasteiger charge is 2.19. The molecule has 254 valence electrons. The van der Waals surface area contributed by atoms with Crippen molar-refractivity contribution in [3.63, 3.8) is 0 Å². The Hall–Kier alpha value is -4.68. The van der Waals surface area contributed by atoms with Gasteiger partial charge in [-0.15, -0.1) is 0 Å². The van der Waals surface area contributed by atoms with Gasteiger partial charge in [-0.3, -0.25) is 29.4 Å². The van der Waals surface area contributed by atoms with E-state index < -0.39 is 0 Å². The zero-order valence-corrected chi connectivity index (χ0v) is 28.5. The molecule has 0 atom stereocenters. The van der Waals surface area contributed by atoms with Crippen LogP contribution in [0.25, 0.3) is 11.1 Å². The number of anilines is 1. The lowest BCUT2D eigenvalue weighted by molar-refractivity contribution is 0.0985. The maximum Gasteiger partial charge on any atom is 0.274 e. The van der Waals surface area contributed by atoms with E-state index in [1.807, 2.05) is 74.1 Å². The first-order valence-electron chi connectivity index (χ1n) is 15.8. The number of nitrogens with one attached hydrogen (secondary N) is 1. The van der Waals surface area contributed by atoms with Gasteiger partial charge in [0.1, 0.15) is 22.9 Å². The van der Waals surface area contributed by atoms with E-state index in [0.717, 1.165) is 38.9 Å². The number of rotatable bonds is 16. The van der Waals surface area contributed by atoms with Gasteiger partial charge in [0.25, 0.3) is 5.91 Å². The summed E-state index contributed by atoms with van der Waals surface area (Å²) in [6.07, 6.45) is 3.44. The highest BCUT2D eigenvalue weighted by atomic mass is 16.5. The van der Waals surface area contributed by atoms with Crippen LogP contribution in [-0.4, -0.2) is 96.3 Å². The molecule has 0 aliphatic heterocycles. The minimum Gasteiger partial charge on any atom is -0.496 e. The normalized spacial score (nSPS) is 11.2. The molecule has 0 spiro atoms. The van der Waals surface area contributed by atoms with Gasteiger partial charge in [-0.05, 0) is 61.8 Å². The Bertz CT molecular complexity index is 1620. The summed E-state index contributed by atoms with van der Waals surface area (Å²) in [5.74, 6) is 0.625. The van der Waals surface area contributed by atoms with Gasteiger partial charge in [-0.2, -0.15) is 0 Å². The lowest BCUT2D eigenvalue weighted by atomic mass is 9.91. The van der Waals surface area contributed by atoms with Crippen molar-refractivity contribution in [3.05, 3.63) is 100 Å². The first-order valence-corrected chi connectivity index (χ1v) is 15.8. The van der Waals surface area contributed by atoms with Gasteiger partial charge in [-0.1, -0.05) is 30.3 Å². The van der Waals surface area contributed by atoms with Gasteiger partial charge in [0.05, 0.1) is 27.4 Å². The van der Waals surface area contributed by atoms with Crippen LogP contribution in [0.1, 0.15) is 48.8 Å². The number of methoxy groups -OCH3 is 2. The van der Waals surface area contributed by atoms with Crippen LogP contribution in [0.4, 0.5) is 5.69 Å². The number of ether oxygens (including phenoxy) is 2. The fourth-order valence-electron chi connectivity index (χ4n) is 5.59. The molecule has 0 saturated carbocycles. The van der Waals surface area contributed by atoms with Crippen LogP contribution in [0.3, 0.4) is 0 Å². The SMILES string of the molecule is COc1cc(C(=O)Cc2cccc(-c3cccc(NC(=O)c4cc(OC)c(CN(C)CCO)cn4)c3C)c2C)ncc1CN(C)CCO. The van der Waals surface area contributed by atoms with Crippen molar-refractivity contribution >= 4 is 17.4 Å². The van der Waals surface area contributed by atoms with Crippen LogP contribution in [0.2, 0.25) is 0 Å². The highest BCUT2D eigenvalue weighted by molar-refractivity contribution is 6.04. The van der Waals surface area contributed by atoms with Crippen molar-refractivity contribution in [1.29, 1.82) is 0 Å². The number of carbonyl (C=O) groups is 2. The predicted octanol–water partition coefficient (Wildman–Crippen LogP) is 4.30. The Morgan fingerprint density at radius 3 is 1.83 bits per heavy atom. The zero-order valence-electron chi connectivity index (χ0n) is 28.5. The molecule has 11 heteroatoms. The molecule has 0 saturated heterocycles. The molecule has 48 heavy (non-hydrogen) atoms. The van der Waals surface area contributed by atoms with E-state index in [9.17, 15) is 19.8 Å². The second kappa shape index (κ2) is 16.9. The highest BCUT2D eigenvalue weighted by Crippen LogP contribution is 2.33. The molecular weight excluding hydrogens is 610 g/mol. The van der Waals surface area contributed by atoms with Crippen molar-refractivity contribution in [2.24, 2.45) is 0 Å². The molecule has 4 rings (SSSR count). The summed E-state index contributed by atoms with van der Waals surface area (Å²) < 4.78 is 11.1. The van der Waals surface area contributed by atoms with Gasteiger partial charge in [-0.25, -0.2) is 0 Å². The molecule has 3 N–H and O–H groups in total. The minimum atomic E-state index is -0.367. The van der Waals surface area contributed by atoms with E-state index in [1.54, 1.807) is 38.7 Å². The summed E-state index contributed by atoms with van der Waals surface area (Å²) in [5.41, 5.74) is 7.43. The second-order valence-electron chi connectivity index (χ2n) is 11.8. The largest absolute Gasteiger partial charge is 0.496 e. The fraction of sp³-hybridized carbons (Fsp3) is 0.351. The summed E-state index contributed by atoms with van der Waals surface area (Å²) in [7, 11) is 6.90. The minimum absolute atomic E-state index is 0.0424. The molecule has 0 fully saturated rings. The Kier molecular flexibility index (Phi) is 12.8. The van der Waals surface area contributed by atoms with E-state index in [0.29, 0.717) is 49.1 Å². The second-order valence-corrected chi connectivity index (χ2v) is 11.8. The average molecular weight is 656 g/mol. The van der Waals surface area contributed by atoms with E-state index in [4.69, 9.17) is 9.47 Å². The third kappa shape index (κ3) is 8.81. The number of benzene rings is 2. The van der Waals surface area contributed by atoms with Gasteiger partial charge in [0.15, 0.2) is 5.78 Å². The van der Waals surface area contributed by atoms with Crippen LogP contribution in [0.15, 0.2) is 60.9 Å². The van der Waals surface area contributed by atoms with Crippen molar-refractivity contribution in [1.82, 2.24) is 19.8 Å². The maximum absolute atomic E-state index is 13.4. The van der Waals surface area contributed by atoms with Gasteiger partial charge >= 0.3 is 0 Å². The number of amides is 1. The standard InChI is InChI=1S/C37H45N5O6/c1-24-26(17-34(45)32-18-35(47-5)27(20-38-32)22-41(3)13-15-43)9-7-10-29(24)30-11-8-12-31(25(30)2)40-37(46)33-19-36(48-6)28(21-39-33)23-42(4)14-16-44/h7-12,18-21,43-44H,13-17,22-23H2,1-6H3,(H,40,46). The molecule has 0 aliphatic carbocycles. The van der Waals surface area contributed by atoms with Crippen LogP contribution >= 0.6 is 0 Å². The number of aromatic nitrogens is 2. The van der Waals surface area contributed by atoms with Gasteiger partial charge in [0.2, 0.25) is 0 Å². The summed E-state index contributed by atoms with van der Waals surface area (Å²) in [4.78, 5) is 39.4. The number of likely N-dealkylation sites (N-methyl/N-ethyl adjacent to an activating group) is 2. The Balaban J connectivity index is 1.53. The van der Waals surface area contributed by atoms with Gasteiger partial charge in [0, 0.05) is 73.9 Å². The topological polar surface area (TPSA) is 137 Å². The first-order chi connectivity index (χ1) is 23.1. The number of hydrogen-bond donors (Lipinski definition) is 3. The van der Waals surface area contributed by atoms with Crippen molar-refractivity contribution in [3.8, 4) is 22.6 Å². The molecule has 2 aromatic heterocycles. The first kappa shape index (κ1) is 36.2. The number of hydrogen-bond acceptors (Lipinski definition) is 10. The molecule has 4 aromatic rings. The quantitative estimate of drug-likeness (QED) is 0.150. The number of pyridine rings is 2. The average Bonchev–Trinajstić information content (AvgIpc) is 3.07. The number of Topliss-reactive ketones (excluding diaryl/α,β-unsaturated/α-hetero) is 1. The molecule has 0 radical (unpaired) electrons. The van der Waals surface area contributed by atoms with Crippen LogP contribution < -0.4 is 14.8 Å². The van der Waals surface area contributed by atoms with E-state index >= 15 is 0 Å². The monoisotopic (exact) mass is 655 g/mol. The third-order valence-electron chi connectivity index (χ3n) is 8.36. The number of nitrogens with zero attached hydrogens (tertiary/aromatic N) is 4. The Morgan fingerprint density at radius 2 is 1.27 bits per heavy atom. The molecule has 0 unspecified atom stereocenters. The van der Waals surface area contributed by atoms with Crippen molar-refractivity contribution < 1.29 is 29.3 Å². The molecular formula is C37H45N5O6. The Labute approximate surface area is 282 Å². The van der Waals surface area contributed by atoms with Crippen LogP contribution in [0, 0.1) is 13.8 Å². The zero-order chi connectivity index (χ0) is 34.8. The number of aliphatic hydroxyl groups is 2. The van der Waals surface area contributed by atoms with E-state index in [-0.39, 0.29) is 37.0 Å². The molecule has 1 amide bonds. The van der Waals surface area contributed by atoms with Crippen LogP contribution in [0.5, 0.6) is 11.5 Å². The van der Waals surface area contributed by atoms with E-state index in [1.165, 1.54) is 0 Å². The lowest BCUT2D eigenvalue weighted by Crippen LogP contribution is -2.22. The van der Waals surface area contributed by atoms with Gasteiger partial charge < -0.3 is 25.0 Å². The summed E-state index contributed by atoms with van der Waals surface area (Å²) in [5, 5.41) is 21.4. The number of carbonyl (C=O) groups excluding carboxylic acids is 2. The third-order valence-corrected chi connectivity index (χ3v) is 8.36. The maximum atomic E-state index is 13.4. The molecule has 2 aromatic carbocycles. The summed E-state index contributed by atoms with van der Waals surface area (Å²) >= 11 is 0. The lowest BCUT2D eigenvalue weighted by Gasteiger charge is -2.18. The van der Waals surface area contributed by atoms with Crippen LogP contribution in [-0.2, 0) is 19.5 Å². The molecule has 2 heterocycles. The smallest absolute Gasteiger partial charge is 0.274 e. The molecule has 0 aliphatic rings. The molecule has 0 bridgehead atoms. The van der Waals surface area contributed by atoms with Crippen molar-refractivity contribution in [2.45, 2.75) is 33.4 Å². The number of aliphatic hydroxyl groups excluding tert-OH is 2. The van der Waals surface area contributed by atoms with E-state index in [2.05, 4.69) is 15.3 Å². The number of ketones is 1. The molecule has 11 nitrogen and oxygen atoms in total. The predicted molar refractivity (Wildman–Crippen MR) is 186 cm³/mol. The van der Waals surface area contributed by atoms with Crippen molar-refractivity contribution in [2.75, 3.05) is 59.9 Å². The fourth-order valence-corrected chi connectivity index (χ4v) is 5.59. The summed E-state index contributed by atoms with van der Waals surface area (Å²) in [6, 6.07) is 14.9.